The van der Waals surface area contributed by atoms with Crippen LogP contribution in [0.5, 0.6) is 17.2 Å². The molecule has 0 heterocycles. The fourth-order valence-electron chi connectivity index (χ4n) is 3.16. The van der Waals surface area contributed by atoms with E-state index in [1.165, 1.54) is 25.7 Å². The van der Waals surface area contributed by atoms with Gasteiger partial charge < -0.3 is 18.9 Å². The molecular weight excluding hydrogens is 420 g/mol. The lowest BCUT2D eigenvalue weighted by atomic mass is 10.1. The van der Waals surface area contributed by atoms with Crippen LogP contribution in [-0.2, 0) is 4.74 Å². The Morgan fingerprint density at radius 2 is 1.68 bits per heavy atom. The highest BCUT2D eigenvalue weighted by atomic mass is 79.9. The number of unbranched alkanes of at least 4 members (excludes halogenated alkanes) is 4. The first-order valence-electron chi connectivity index (χ1n) is 10.2. The third kappa shape index (κ3) is 6.56. The van der Waals surface area contributed by atoms with E-state index in [1.54, 1.807) is 14.2 Å². The molecule has 0 amide bonds. The maximum absolute atomic E-state index is 6.15. The molecule has 2 rings (SSSR count). The van der Waals surface area contributed by atoms with Crippen LogP contribution in [0.4, 0.5) is 0 Å². The molecule has 1 unspecified atom stereocenters. The van der Waals surface area contributed by atoms with Crippen molar-refractivity contribution in [3.05, 3.63) is 30.3 Å². The molecule has 0 aliphatic carbocycles. The quantitative estimate of drug-likeness (QED) is 0.246. The number of halogens is 1. The second-order valence-electron chi connectivity index (χ2n) is 6.86. The Labute approximate surface area is 177 Å². The normalized spacial score (nSPS) is 12.1. The largest absolute Gasteiger partial charge is 0.493 e. The summed E-state index contributed by atoms with van der Waals surface area (Å²) in [6, 6.07) is 10.1. The number of ether oxygens (including phenoxy) is 4. The van der Waals surface area contributed by atoms with Crippen LogP contribution in [0.3, 0.4) is 0 Å². The standard InChI is InChI=1S/C23H33BrO4/c1-4-5-6-7-10-15-27-23-20-12-9-8-11-19(20)21(16-22(23)26-3)28-17-18(25-2)13-14-24/h8-9,11-12,16,18H,4-7,10,13-15,17H2,1-3H3. The Morgan fingerprint density at radius 3 is 2.36 bits per heavy atom. The summed E-state index contributed by atoms with van der Waals surface area (Å²) >= 11 is 3.46. The van der Waals surface area contributed by atoms with E-state index in [9.17, 15) is 0 Å². The zero-order chi connectivity index (χ0) is 20.2. The number of fused-ring (bicyclic) bond motifs is 1. The molecule has 0 fully saturated rings. The van der Waals surface area contributed by atoms with Crippen molar-refractivity contribution in [2.24, 2.45) is 0 Å². The fraction of sp³-hybridized carbons (Fsp3) is 0.565. The molecule has 0 N–H and O–H groups in total. The van der Waals surface area contributed by atoms with E-state index in [2.05, 4.69) is 35.0 Å². The van der Waals surface area contributed by atoms with Crippen LogP contribution >= 0.6 is 15.9 Å². The molecule has 28 heavy (non-hydrogen) atoms. The molecule has 2 aromatic carbocycles. The van der Waals surface area contributed by atoms with Gasteiger partial charge in [0.25, 0.3) is 0 Å². The van der Waals surface area contributed by atoms with Crippen molar-refractivity contribution in [1.29, 1.82) is 0 Å². The molecule has 4 nitrogen and oxygen atoms in total. The lowest BCUT2D eigenvalue weighted by Crippen LogP contribution is -2.20. The van der Waals surface area contributed by atoms with E-state index in [1.807, 2.05) is 18.2 Å². The summed E-state index contributed by atoms with van der Waals surface area (Å²) in [5.74, 6) is 2.29. The fourth-order valence-corrected chi connectivity index (χ4v) is 3.68. The Hall–Kier alpha value is -1.46. The van der Waals surface area contributed by atoms with Gasteiger partial charge in [-0.1, -0.05) is 72.8 Å². The lowest BCUT2D eigenvalue weighted by molar-refractivity contribution is 0.0570. The number of benzene rings is 2. The number of hydrogen-bond donors (Lipinski definition) is 0. The zero-order valence-corrected chi connectivity index (χ0v) is 18.9. The van der Waals surface area contributed by atoms with E-state index < -0.39 is 0 Å². The average molecular weight is 453 g/mol. The minimum Gasteiger partial charge on any atom is -0.493 e. The summed E-state index contributed by atoms with van der Waals surface area (Å²) in [5, 5.41) is 2.92. The SMILES string of the molecule is CCCCCCCOc1c(OC)cc(OCC(CCBr)OC)c2ccccc12. The van der Waals surface area contributed by atoms with Crippen molar-refractivity contribution < 1.29 is 18.9 Å². The second kappa shape index (κ2) is 12.9. The monoisotopic (exact) mass is 452 g/mol. The van der Waals surface area contributed by atoms with Crippen molar-refractivity contribution >= 4 is 26.7 Å². The van der Waals surface area contributed by atoms with Crippen molar-refractivity contribution in [3.8, 4) is 17.2 Å². The molecule has 0 spiro atoms. The van der Waals surface area contributed by atoms with E-state index in [0.29, 0.717) is 19.0 Å². The van der Waals surface area contributed by atoms with Gasteiger partial charge in [0.05, 0.1) is 19.8 Å². The van der Waals surface area contributed by atoms with Gasteiger partial charge in [0.15, 0.2) is 11.5 Å². The molecule has 0 radical (unpaired) electrons. The van der Waals surface area contributed by atoms with Crippen molar-refractivity contribution in [2.75, 3.05) is 32.8 Å². The number of hydrogen-bond acceptors (Lipinski definition) is 4. The first kappa shape index (κ1) is 22.8. The highest BCUT2D eigenvalue weighted by molar-refractivity contribution is 9.09. The van der Waals surface area contributed by atoms with E-state index in [0.717, 1.165) is 40.4 Å². The van der Waals surface area contributed by atoms with Crippen LogP contribution in [0.2, 0.25) is 0 Å². The molecule has 5 heteroatoms. The van der Waals surface area contributed by atoms with Crippen molar-refractivity contribution in [1.82, 2.24) is 0 Å². The molecular formula is C23H33BrO4. The molecule has 156 valence electrons. The molecule has 0 bridgehead atoms. The molecule has 2 aromatic rings. The Morgan fingerprint density at radius 1 is 0.929 bits per heavy atom. The van der Waals surface area contributed by atoms with Gasteiger partial charge in [-0.2, -0.15) is 0 Å². The minimum absolute atomic E-state index is 0.0446. The van der Waals surface area contributed by atoms with E-state index in [-0.39, 0.29) is 6.10 Å². The van der Waals surface area contributed by atoms with Gasteiger partial charge in [-0.05, 0) is 12.8 Å². The van der Waals surface area contributed by atoms with Gasteiger partial charge in [0, 0.05) is 29.3 Å². The Balaban J connectivity index is 2.17. The van der Waals surface area contributed by atoms with Gasteiger partial charge >= 0.3 is 0 Å². The number of alkyl halides is 1. The Bertz CT molecular complexity index is 704. The molecule has 0 saturated heterocycles. The first-order chi connectivity index (χ1) is 13.7. The van der Waals surface area contributed by atoms with E-state index >= 15 is 0 Å². The smallest absolute Gasteiger partial charge is 0.169 e. The first-order valence-corrected chi connectivity index (χ1v) is 11.3. The summed E-state index contributed by atoms with van der Waals surface area (Å²) in [7, 11) is 3.39. The minimum atomic E-state index is 0.0446. The van der Waals surface area contributed by atoms with Gasteiger partial charge in [-0.15, -0.1) is 0 Å². The molecule has 0 aromatic heterocycles. The van der Waals surface area contributed by atoms with Crippen molar-refractivity contribution in [3.63, 3.8) is 0 Å². The zero-order valence-electron chi connectivity index (χ0n) is 17.3. The van der Waals surface area contributed by atoms with Gasteiger partial charge in [0.2, 0.25) is 0 Å². The number of rotatable bonds is 14. The summed E-state index contributed by atoms with van der Waals surface area (Å²) in [6.07, 6.45) is 6.99. The molecule has 0 aliphatic heterocycles. The second-order valence-corrected chi connectivity index (χ2v) is 7.65. The lowest BCUT2D eigenvalue weighted by Gasteiger charge is -2.19. The van der Waals surface area contributed by atoms with Gasteiger partial charge in [-0.25, -0.2) is 0 Å². The Kier molecular flexibility index (Phi) is 10.5. The predicted molar refractivity (Wildman–Crippen MR) is 119 cm³/mol. The van der Waals surface area contributed by atoms with Gasteiger partial charge in [-0.3, -0.25) is 0 Å². The van der Waals surface area contributed by atoms with Crippen molar-refractivity contribution in [2.45, 2.75) is 51.6 Å². The van der Waals surface area contributed by atoms with E-state index in [4.69, 9.17) is 18.9 Å². The average Bonchev–Trinajstić information content (AvgIpc) is 2.73. The van der Waals surface area contributed by atoms with Crippen LogP contribution in [0.25, 0.3) is 10.8 Å². The highest BCUT2D eigenvalue weighted by Crippen LogP contribution is 2.41. The summed E-state index contributed by atoms with van der Waals surface area (Å²) in [5.41, 5.74) is 0. The van der Waals surface area contributed by atoms with Crippen LogP contribution in [0.15, 0.2) is 30.3 Å². The summed E-state index contributed by atoms with van der Waals surface area (Å²) in [4.78, 5) is 0. The molecule has 1 atom stereocenters. The molecule has 0 saturated carbocycles. The van der Waals surface area contributed by atoms with Crippen LogP contribution in [0, 0.1) is 0 Å². The third-order valence-electron chi connectivity index (χ3n) is 4.83. The van der Waals surface area contributed by atoms with Crippen LogP contribution in [-0.4, -0.2) is 38.9 Å². The maximum atomic E-state index is 6.15. The van der Waals surface area contributed by atoms with Gasteiger partial charge in [0.1, 0.15) is 12.4 Å². The highest BCUT2D eigenvalue weighted by Gasteiger charge is 2.16. The third-order valence-corrected chi connectivity index (χ3v) is 5.28. The number of methoxy groups -OCH3 is 2. The predicted octanol–water partition coefficient (Wildman–Crippen LogP) is 6.38. The van der Waals surface area contributed by atoms with Crippen LogP contribution in [0.1, 0.15) is 45.4 Å². The topological polar surface area (TPSA) is 36.9 Å². The molecule has 0 aliphatic rings. The summed E-state index contributed by atoms with van der Waals surface area (Å²) < 4.78 is 23.4. The summed E-state index contributed by atoms with van der Waals surface area (Å²) in [6.45, 7) is 3.42. The maximum Gasteiger partial charge on any atom is 0.169 e. The van der Waals surface area contributed by atoms with Crippen LogP contribution < -0.4 is 14.2 Å².